The quantitative estimate of drug-likeness (QED) is 0.183. The number of fused-ring (bicyclic) bond motifs is 1. The number of hydrogen-bond donors (Lipinski definition) is 1. The lowest BCUT2D eigenvalue weighted by Gasteiger charge is -2.67. The summed E-state index contributed by atoms with van der Waals surface area (Å²) in [5.74, 6) is -0.282. The summed E-state index contributed by atoms with van der Waals surface area (Å²) in [4.78, 5) is 8.71. The Bertz CT molecular complexity index is 1460. The highest BCUT2D eigenvalue weighted by atomic mass is 32.2. The number of rotatable bonds is 9. The van der Waals surface area contributed by atoms with Crippen LogP contribution in [-0.4, -0.2) is 62.3 Å². The van der Waals surface area contributed by atoms with Gasteiger partial charge in [0.05, 0.1) is 30.7 Å². The second-order valence-corrected chi connectivity index (χ2v) is 20.4. The highest BCUT2D eigenvalue weighted by Crippen LogP contribution is 2.68. The van der Waals surface area contributed by atoms with Crippen LogP contribution in [0.25, 0.3) is 0 Å². The molecule has 2 aromatic rings. The SMILES string of the molecule is CC(C)(C)[Si](C)(C)OCCOc1c(C(F)(F)F)ccc2c1CN(S(=O)(=O)C(F)(F)F)CC(C13CC(C1)C3)N2Cc1cnc[nH]1. The third-order valence-corrected chi connectivity index (χ3v) is 15.9. The van der Waals surface area contributed by atoms with E-state index in [0.717, 1.165) is 6.07 Å². The summed E-state index contributed by atoms with van der Waals surface area (Å²) < 4.78 is 123. The fourth-order valence-corrected chi connectivity index (χ4v) is 8.30. The minimum atomic E-state index is -5.91. The zero-order valence-corrected chi connectivity index (χ0v) is 27.1. The van der Waals surface area contributed by atoms with Gasteiger partial charge in [-0.15, -0.1) is 0 Å². The average Bonchev–Trinajstić information content (AvgIpc) is 3.28. The molecule has 1 N–H and O–H groups in total. The van der Waals surface area contributed by atoms with E-state index < -0.39 is 65.9 Å². The average molecular weight is 669 g/mol. The molecule has 1 aliphatic heterocycles. The number of anilines is 1. The Kier molecular flexibility index (Phi) is 8.19. The first-order valence-electron chi connectivity index (χ1n) is 14.5. The van der Waals surface area contributed by atoms with Gasteiger partial charge < -0.3 is 19.0 Å². The molecule has 1 aromatic heterocycles. The molecule has 6 rings (SSSR count). The number of nitrogens with one attached hydrogen (secondary N) is 1. The molecular weight excluding hydrogens is 630 g/mol. The number of nitrogens with zero attached hydrogens (tertiary/aromatic N) is 3. The summed E-state index contributed by atoms with van der Waals surface area (Å²) in [5.41, 5.74) is -6.79. The van der Waals surface area contributed by atoms with Gasteiger partial charge in [0.1, 0.15) is 12.4 Å². The lowest BCUT2D eigenvalue weighted by atomic mass is 9.41. The number of sulfonamides is 1. The van der Waals surface area contributed by atoms with Crippen molar-refractivity contribution in [1.82, 2.24) is 14.3 Å². The minimum absolute atomic E-state index is 0.0486. The number of imidazole rings is 1. The number of halogens is 6. The zero-order valence-electron chi connectivity index (χ0n) is 25.3. The second kappa shape index (κ2) is 10.9. The van der Waals surface area contributed by atoms with Crippen molar-refractivity contribution >= 4 is 24.0 Å². The molecule has 8 nitrogen and oxygen atoms in total. The van der Waals surface area contributed by atoms with Gasteiger partial charge in [-0.05, 0) is 60.9 Å². The fraction of sp³-hybridized carbons (Fsp3) is 0.679. The Morgan fingerprint density at radius 3 is 2.23 bits per heavy atom. The molecule has 0 spiro atoms. The van der Waals surface area contributed by atoms with Crippen molar-refractivity contribution in [2.75, 3.05) is 24.7 Å². The molecule has 0 amide bonds. The van der Waals surface area contributed by atoms with E-state index in [-0.39, 0.29) is 40.4 Å². The summed E-state index contributed by atoms with van der Waals surface area (Å²) >= 11 is 0. The summed E-state index contributed by atoms with van der Waals surface area (Å²) in [7, 11) is -8.20. The summed E-state index contributed by atoms with van der Waals surface area (Å²) in [6.45, 7) is 8.20. The van der Waals surface area contributed by atoms with E-state index in [4.69, 9.17) is 9.16 Å². The van der Waals surface area contributed by atoms with Crippen molar-refractivity contribution in [3.05, 3.63) is 41.5 Å². The van der Waals surface area contributed by atoms with Crippen LogP contribution in [0.2, 0.25) is 18.1 Å². The van der Waals surface area contributed by atoms with E-state index in [1.54, 1.807) is 4.90 Å². The van der Waals surface area contributed by atoms with Gasteiger partial charge in [-0.3, -0.25) is 0 Å². The summed E-state index contributed by atoms with van der Waals surface area (Å²) in [5, 5.41) is -0.177. The summed E-state index contributed by atoms with van der Waals surface area (Å²) in [6.07, 6.45) is 0.150. The first-order valence-corrected chi connectivity index (χ1v) is 18.8. The van der Waals surface area contributed by atoms with Crippen LogP contribution in [0.15, 0.2) is 24.7 Å². The van der Waals surface area contributed by atoms with Gasteiger partial charge in [0.15, 0.2) is 8.32 Å². The zero-order chi connectivity index (χ0) is 32.5. The first-order chi connectivity index (χ1) is 20.2. The minimum Gasteiger partial charge on any atom is -0.490 e. The Balaban J connectivity index is 1.62. The van der Waals surface area contributed by atoms with Crippen LogP contribution in [0, 0.1) is 11.3 Å². The topological polar surface area (TPSA) is 87.8 Å². The Morgan fingerprint density at radius 2 is 1.73 bits per heavy atom. The molecule has 16 heteroatoms. The lowest BCUT2D eigenvalue weighted by Crippen LogP contribution is -2.66. The normalized spacial score (nSPS) is 24.8. The van der Waals surface area contributed by atoms with Crippen molar-refractivity contribution in [1.29, 1.82) is 0 Å². The van der Waals surface area contributed by atoms with Gasteiger partial charge in [-0.25, -0.2) is 13.4 Å². The highest BCUT2D eigenvalue weighted by Gasteiger charge is 2.64. The van der Waals surface area contributed by atoms with Crippen LogP contribution in [0.3, 0.4) is 0 Å². The van der Waals surface area contributed by atoms with Crippen LogP contribution in [0.4, 0.5) is 32.0 Å². The molecule has 2 bridgehead atoms. The fourth-order valence-electron chi connectivity index (χ4n) is 6.34. The monoisotopic (exact) mass is 668 g/mol. The predicted octanol–water partition coefficient (Wildman–Crippen LogP) is 6.67. The van der Waals surface area contributed by atoms with Gasteiger partial charge >= 0.3 is 21.7 Å². The molecule has 2 heterocycles. The van der Waals surface area contributed by atoms with Gasteiger partial charge in [0.2, 0.25) is 0 Å². The van der Waals surface area contributed by atoms with E-state index in [1.807, 2.05) is 33.9 Å². The molecule has 246 valence electrons. The van der Waals surface area contributed by atoms with Gasteiger partial charge in [0.25, 0.3) is 0 Å². The van der Waals surface area contributed by atoms with E-state index >= 15 is 0 Å². The number of ether oxygens (including phenoxy) is 1. The number of alkyl halides is 6. The maximum Gasteiger partial charge on any atom is 0.511 e. The molecule has 4 aliphatic rings. The first kappa shape index (κ1) is 33.1. The molecule has 0 saturated heterocycles. The summed E-state index contributed by atoms with van der Waals surface area (Å²) in [6, 6.07) is 1.35. The smallest absolute Gasteiger partial charge is 0.490 e. The van der Waals surface area contributed by atoms with Crippen LogP contribution in [-0.2, 0) is 33.7 Å². The van der Waals surface area contributed by atoms with Crippen molar-refractivity contribution in [3.63, 3.8) is 0 Å². The molecule has 1 aromatic carbocycles. The second-order valence-electron chi connectivity index (χ2n) is 13.7. The van der Waals surface area contributed by atoms with Crippen molar-refractivity contribution < 1.29 is 43.9 Å². The standard InChI is InChI=1S/C28H38F6N4O4SSi/c1-25(2,3)44(4,5)42-9-8-41-24-20-15-37(43(39,40)28(32,33)34)16-23(26-10-18(11-26)12-26)38(14-19-13-35-17-36-19)22(20)7-6-21(24)27(29,30)31/h6-7,13,17-18,23H,8-12,14-16H2,1-5H3,(H,35,36). The van der Waals surface area contributed by atoms with Gasteiger partial charge in [0, 0.05) is 36.6 Å². The number of aromatic nitrogens is 2. The largest absolute Gasteiger partial charge is 0.511 e. The number of aromatic amines is 1. The Labute approximate surface area is 254 Å². The molecule has 0 radical (unpaired) electrons. The van der Waals surface area contributed by atoms with Gasteiger partial charge in [-0.1, -0.05) is 20.8 Å². The maximum atomic E-state index is 14.4. The molecular formula is C28H38F6N4O4SSi. The molecule has 1 unspecified atom stereocenters. The van der Waals surface area contributed by atoms with E-state index in [1.165, 1.54) is 18.6 Å². The predicted molar refractivity (Wildman–Crippen MR) is 154 cm³/mol. The number of benzene rings is 1. The Morgan fingerprint density at radius 1 is 1.07 bits per heavy atom. The number of H-pyrrole nitrogens is 1. The third kappa shape index (κ3) is 5.86. The molecule has 44 heavy (non-hydrogen) atoms. The number of hydrogen-bond acceptors (Lipinski definition) is 6. The van der Waals surface area contributed by atoms with Crippen molar-refractivity contribution in [3.8, 4) is 5.75 Å². The molecule has 3 fully saturated rings. The lowest BCUT2D eigenvalue weighted by molar-refractivity contribution is -0.139. The van der Waals surface area contributed by atoms with Crippen LogP contribution in [0.5, 0.6) is 5.75 Å². The van der Waals surface area contributed by atoms with E-state index in [0.29, 0.717) is 30.9 Å². The van der Waals surface area contributed by atoms with Gasteiger partial charge in [-0.2, -0.15) is 30.6 Å². The molecule has 1 atom stereocenters. The van der Waals surface area contributed by atoms with E-state index in [9.17, 15) is 34.8 Å². The van der Waals surface area contributed by atoms with Crippen LogP contribution in [0.1, 0.15) is 56.9 Å². The third-order valence-electron chi connectivity index (χ3n) is 9.86. The molecule has 3 aliphatic carbocycles. The van der Waals surface area contributed by atoms with Crippen molar-refractivity contribution in [2.24, 2.45) is 11.3 Å². The van der Waals surface area contributed by atoms with Crippen molar-refractivity contribution in [2.45, 2.75) is 89.0 Å². The molecule has 3 saturated carbocycles. The van der Waals surface area contributed by atoms with Crippen LogP contribution >= 0.6 is 0 Å². The van der Waals surface area contributed by atoms with E-state index in [2.05, 4.69) is 9.97 Å². The highest BCUT2D eigenvalue weighted by molar-refractivity contribution is 7.89. The maximum absolute atomic E-state index is 14.4. The Hall–Kier alpha value is -2.30. The van der Waals surface area contributed by atoms with Crippen LogP contribution < -0.4 is 9.64 Å².